The van der Waals surface area contributed by atoms with E-state index in [2.05, 4.69) is 5.32 Å². The maximum Gasteiger partial charge on any atom is 0.265 e. The molecule has 0 saturated heterocycles. The number of nitrogens with zero attached hydrogens (tertiary/aromatic N) is 1. The van der Waals surface area contributed by atoms with Crippen molar-refractivity contribution in [3.8, 4) is 17.2 Å². The smallest absolute Gasteiger partial charge is 0.265 e. The van der Waals surface area contributed by atoms with Crippen LogP contribution in [-0.2, 0) is 7.05 Å². The summed E-state index contributed by atoms with van der Waals surface area (Å²) in [5, 5.41) is 24.9. The molecular weight excluding hydrogens is 420 g/mol. The van der Waals surface area contributed by atoms with E-state index < -0.39 is 17.4 Å². The van der Waals surface area contributed by atoms with E-state index in [1.165, 1.54) is 10.6 Å². The van der Waals surface area contributed by atoms with E-state index in [1.54, 1.807) is 80.9 Å². The zero-order valence-electron chi connectivity index (χ0n) is 18.3. The number of ether oxygens (including phenoxy) is 1. The third kappa shape index (κ3) is 4.25. The quantitative estimate of drug-likeness (QED) is 0.366. The number of anilines is 1. The van der Waals surface area contributed by atoms with Crippen molar-refractivity contribution in [3.63, 3.8) is 0 Å². The number of phenolic OH excluding ortho intramolecular Hbond substituents is 1. The lowest BCUT2D eigenvalue weighted by Crippen LogP contribution is -2.26. The zero-order chi connectivity index (χ0) is 23.5. The predicted molar refractivity (Wildman–Crippen MR) is 127 cm³/mol. The molecule has 4 aromatic rings. The summed E-state index contributed by atoms with van der Waals surface area (Å²) in [6, 6.07) is 20.0. The summed E-state index contributed by atoms with van der Waals surface area (Å²) in [5.74, 6) is -0.167. The van der Waals surface area contributed by atoms with Gasteiger partial charge in [0.15, 0.2) is 5.78 Å². The number of fused-ring (bicyclic) bond motifs is 1. The highest BCUT2D eigenvalue weighted by Crippen LogP contribution is 2.33. The number of aromatic hydroxyl groups is 2. The van der Waals surface area contributed by atoms with E-state index in [0.29, 0.717) is 27.9 Å². The number of hydrogen-bond acceptors (Lipinski definition) is 6. The Morgan fingerprint density at radius 3 is 2.36 bits per heavy atom. The van der Waals surface area contributed by atoms with Gasteiger partial charge in [0.05, 0.1) is 18.7 Å². The molecule has 1 unspecified atom stereocenters. The molecule has 3 N–H and O–H groups in total. The minimum Gasteiger partial charge on any atom is -0.508 e. The Morgan fingerprint density at radius 2 is 1.67 bits per heavy atom. The molecule has 0 radical (unpaired) electrons. The Kier molecular flexibility index (Phi) is 6.04. The number of pyridine rings is 1. The summed E-state index contributed by atoms with van der Waals surface area (Å²) in [6.07, 6.45) is -0.162. The molecule has 0 aliphatic carbocycles. The van der Waals surface area contributed by atoms with Crippen LogP contribution in [0, 0.1) is 0 Å². The zero-order valence-corrected chi connectivity index (χ0v) is 18.3. The van der Waals surface area contributed by atoms with Crippen LogP contribution in [0.5, 0.6) is 17.2 Å². The number of para-hydroxylation sites is 2. The number of methoxy groups -OCH3 is 1. The lowest BCUT2D eigenvalue weighted by molar-refractivity contribution is 0.0972. The second-order valence-corrected chi connectivity index (χ2v) is 7.72. The lowest BCUT2D eigenvalue weighted by Gasteiger charge is -2.21. The summed E-state index contributed by atoms with van der Waals surface area (Å²) in [6.45, 7) is 0. The lowest BCUT2D eigenvalue weighted by atomic mass is 9.96. The Labute approximate surface area is 190 Å². The second kappa shape index (κ2) is 9.08. The summed E-state index contributed by atoms with van der Waals surface area (Å²) in [4.78, 5) is 26.3. The molecule has 0 aliphatic heterocycles. The first-order chi connectivity index (χ1) is 15.9. The Hall–Kier alpha value is -4.26. The monoisotopic (exact) mass is 444 g/mol. The van der Waals surface area contributed by atoms with E-state index in [-0.39, 0.29) is 23.5 Å². The average molecular weight is 444 g/mol. The van der Waals surface area contributed by atoms with Crippen molar-refractivity contribution >= 4 is 22.4 Å². The Bertz CT molecular complexity index is 1380. The van der Waals surface area contributed by atoms with Crippen LogP contribution in [0.25, 0.3) is 10.9 Å². The van der Waals surface area contributed by atoms with Gasteiger partial charge in [-0.2, -0.15) is 0 Å². The topological polar surface area (TPSA) is 101 Å². The van der Waals surface area contributed by atoms with E-state index in [0.717, 1.165) is 0 Å². The minimum atomic E-state index is -0.650. The molecule has 7 nitrogen and oxygen atoms in total. The maximum atomic E-state index is 13.4. The first kappa shape index (κ1) is 22.0. The number of carbonyl (C=O) groups is 1. The van der Waals surface area contributed by atoms with Gasteiger partial charge in [-0.15, -0.1) is 0 Å². The standard InChI is InChI=1S/C26H24N2O5/c1-28-21-9-5-3-8-19(21)25(31)24(26(28)32)23(30)15-20(18-7-4-6-10-22(18)29)27-16-11-13-17(33-2)14-12-16/h3-14,20,27,29,31H,15H2,1-2H3. The molecule has 3 aromatic carbocycles. The Morgan fingerprint density at radius 1 is 1.00 bits per heavy atom. The number of phenols is 1. The number of aryl methyl sites for hydroxylation is 1. The van der Waals surface area contributed by atoms with Crippen LogP contribution in [0.1, 0.15) is 28.4 Å². The van der Waals surface area contributed by atoms with Crippen molar-refractivity contribution in [2.75, 3.05) is 12.4 Å². The summed E-state index contributed by atoms with van der Waals surface area (Å²) in [5.41, 5.74) is 0.890. The number of ketones is 1. The molecule has 1 atom stereocenters. The molecule has 0 amide bonds. The van der Waals surface area contributed by atoms with Crippen molar-refractivity contribution in [2.24, 2.45) is 7.05 Å². The van der Waals surface area contributed by atoms with Gasteiger partial charge in [0, 0.05) is 30.1 Å². The van der Waals surface area contributed by atoms with Crippen molar-refractivity contribution in [3.05, 3.63) is 94.3 Å². The molecule has 1 heterocycles. The van der Waals surface area contributed by atoms with Crippen LogP contribution in [0.2, 0.25) is 0 Å². The van der Waals surface area contributed by atoms with Crippen LogP contribution in [0.3, 0.4) is 0 Å². The predicted octanol–water partition coefficient (Wildman–Crippen LogP) is 4.38. The van der Waals surface area contributed by atoms with Crippen molar-refractivity contribution in [1.82, 2.24) is 4.57 Å². The van der Waals surface area contributed by atoms with E-state index in [9.17, 15) is 19.8 Å². The normalized spacial score (nSPS) is 11.8. The number of carbonyl (C=O) groups excluding carboxylic acids is 1. The van der Waals surface area contributed by atoms with Gasteiger partial charge in [-0.25, -0.2) is 0 Å². The fourth-order valence-electron chi connectivity index (χ4n) is 3.93. The van der Waals surface area contributed by atoms with Gasteiger partial charge in [0.1, 0.15) is 22.8 Å². The SMILES string of the molecule is COc1ccc(NC(CC(=O)c2c(O)c3ccccc3n(C)c2=O)c2ccccc2O)cc1. The Balaban J connectivity index is 1.74. The number of aromatic nitrogens is 1. The molecule has 1 aromatic heterocycles. The molecule has 0 fully saturated rings. The largest absolute Gasteiger partial charge is 0.508 e. The first-order valence-corrected chi connectivity index (χ1v) is 10.4. The van der Waals surface area contributed by atoms with Gasteiger partial charge in [-0.05, 0) is 42.5 Å². The molecule has 0 saturated carbocycles. The molecule has 0 spiro atoms. The van der Waals surface area contributed by atoms with Crippen LogP contribution in [-0.4, -0.2) is 27.7 Å². The fourth-order valence-corrected chi connectivity index (χ4v) is 3.93. The molecule has 0 aliphatic rings. The van der Waals surface area contributed by atoms with Gasteiger partial charge in [-0.3, -0.25) is 9.59 Å². The van der Waals surface area contributed by atoms with E-state index in [1.807, 2.05) is 0 Å². The number of Topliss-reactive ketones (excluding diaryl/α,β-unsaturated/α-hetero) is 1. The van der Waals surface area contributed by atoms with Gasteiger partial charge in [-0.1, -0.05) is 30.3 Å². The highest BCUT2D eigenvalue weighted by atomic mass is 16.5. The third-order valence-electron chi connectivity index (χ3n) is 5.69. The van der Waals surface area contributed by atoms with Crippen LogP contribution in [0.15, 0.2) is 77.6 Å². The summed E-state index contributed by atoms with van der Waals surface area (Å²) >= 11 is 0. The number of nitrogens with one attached hydrogen (secondary N) is 1. The number of hydrogen-bond donors (Lipinski definition) is 3. The summed E-state index contributed by atoms with van der Waals surface area (Å²) < 4.78 is 6.54. The van der Waals surface area contributed by atoms with Crippen LogP contribution < -0.4 is 15.6 Å². The van der Waals surface area contributed by atoms with E-state index >= 15 is 0 Å². The average Bonchev–Trinajstić information content (AvgIpc) is 2.83. The molecule has 4 rings (SSSR count). The van der Waals surface area contributed by atoms with Gasteiger partial charge < -0.3 is 24.8 Å². The van der Waals surface area contributed by atoms with Gasteiger partial charge in [0.2, 0.25) is 0 Å². The number of rotatable bonds is 7. The molecule has 168 valence electrons. The number of benzene rings is 3. The van der Waals surface area contributed by atoms with Crippen molar-refractivity contribution in [1.29, 1.82) is 0 Å². The molecule has 0 bridgehead atoms. The van der Waals surface area contributed by atoms with Gasteiger partial charge >= 0.3 is 0 Å². The third-order valence-corrected chi connectivity index (χ3v) is 5.69. The molecular formula is C26H24N2O5. The van der Waals surface area contributed by atoms with Crippen molar-refractivity contribution in [2.45, 2.75) is 12.5 Å². The molecule has 7 heteroatoms. The van der Waals surface area contributed by atoms with Gasteiger partial charge in [0.25, 0.3) is 5.56 Å². The highest BCUT2D eigenvalue weighted by Gasteiger charge is 2.26. The fraction of sp³-hybridized carbons (Fsp3) is 0.154. The van der Waals surface area contributed by atoms with E-state index in [4.69, 9.17) is 4.74 Å². The van der Waals surface area contributed by atoms with Crippen molar-refractivity contribution < 1.29 is 19.7 Å². The highest BCUT2D eigenvalue weighted by molar-refractivity contribution is 6.03. The second-order valence-electron chi connectivity index (χ2n) is 7.72. The maximum absolute atomic E-state index is 13.4. The van der Waals surface area contributed by atoms with Crippen LogP contribution in [0.4, 0.5) is 5.69 Å². The minimum absolute atomic E-state index is 0.0203. The molecule has 33 heavy (non-hydrogen) atoms. The summed E-state index contributed by atoms with van der Waals surface area (Å²) in [7, 11) is 3.14. The van der Waals surface area contributed by atoms with Crippen LogP contribution >= 0.6 is 0 Å². The first-order valence-electron chi connectivity index (χ1n) is 10.4.